The third kappa shape index (κ3) is 4.42. The molecule has 146 valence electrons. The van der Waals surface area contributed by atoms with Gasteiger partial charge in [0.25, 0.3) is 0 Å². The summed E-state index contributed by atoms with van der Waals surface area (Å²) < 4.78 is 21.5. The van der Waals surface area contributed by atoms with E-state index in [0.29, 0.717) is 37.4 Å². The molecule has 27 heavy (non-hydrogen) atoms. The third-order valence-corrected chi connectivity index (χ3v) is 4.98. The standard InChI is InChI=1S/C20H26N2O5/c1-13-7-16(27-21-13)10-15-11-22(12-19(15)26-4)20(23)9-14-5-6-17(24-2)18(8-14)25-3/h5-8,15,19H,9-12H2,1-4H3. The van der Waals surface area contributed by atoms with Gasteiger partial charge in [-0.25, -0.2) is 0 Å². The molecule has 0 aliphatic carbocycles. The zero-order valence-electron chi connectivity index (χ0n) is 16.2. The van der Waals surface area contributed by atoms with Crippen LogP contribution in [0.3, 0.4) is 0 Å². The summed E-state index contributed by atoms with van der Waals surface area (Å²) in [5.74, 6) is 2.36. The number of likely N-dealkylation sites (tertiary alicyclic amines) is 1. The molecule has 2 unspecified atom stereocenters. The van der Waals surface area contributed by atoms with E-state index in [-0.39, 0.29) is 17.9 Å². The van der Waals surface area contributed by atoms with Gasteiger partial charge in [-0.2, -0.15) is 0 Å². The Morgan fingerprint density at radius 2 is 1.96 bits per heavy atom. The molecule has 2 aromatic rings. The van der Waals surface area contributed by atoms with Crippen LogP contribution >= 0.6 is 0 Å². The number of ether oxygens (including phenoxy) is 3. The summed E-state index contributed by atoms with van der Waals surface area (Å²) in [4.78, 5) is 14.7. The van der Waals surface area contributed by atoms with Gasteiger partial charge in [-0.3, -0.25) is 4.79 Å². The molecule has 1 amide bonds. The van der Waals surface area contributed by atoms with Crippen molar-refractivity contribution in [2.24, 2.45) is 5.92 Å². The summed E-state index contributed by atoms with van der Waals surface area (Å²) >= 11 is 0. The van der Waals surface area contributed by atoms with Crippen LogP contribution < -0.4 is 9.47 Å². The number of amides is 1. The molecule has 7 heteroatoms. The summed E-state index contributed by atoms with van der Waals surface area (Å²) in [7, 11) is 4.86. The first-order chi connectivity index (χ1) is 13.0. The van der Waals surface area contributed by atoms with Gasteiger partial charge < -0.3 is 23.6 Å². The fourth-order valence-corrected chi connectivity index (χ4v) is 3.56. The number of hydrogen-bond donors (Lipinski definition) is 0. The average Bonchev–Trinajstić information content (AvgIpc) is 3.27. The maximum Gasteiger partial charge on any atom is 0.227 e. The van der Waals surface area contributed by atoms with Crippen molar-refractivity contribution < 1.29 is 23.5 Å². The van der Waals surface area contributed by atoms with Crippen molar-refractivity contribution >= 4 is 5.91 Å². The molecule has 0 spiro atoms. The van der Waals surface area contributed by atoms with E-state index in [0.717, 1.165) is 17.0 Å². The molecule has 0 saturated carbocycles. The molecule has 1 aromatic carbocycles. The number of benzene rings is 1. The maximum atomic E-state index is 12.8. The SMILES string of the molecule is COc1ccc(CC(=O)N2CC(Cc3cc(C)no3)C(OC)C2)cc1OC. The molecule has 0 radical (unpaired) electrons. The zero-order valence-corrected chi connectivity index (χ0v) is 16.2. The van der Waals surface area contributed by atoms with E-state index >= 15 is 0 Å². The number of hydrogen-bond acceptors (Lipinski definition) is 6. The van der Waals surface area contributed by atoms with Crippen LogP contribution in [0.25, 0.3) is 0 Å². The Bertz CT molecular complexity index is 788. The lowest BCUT2D eigenvalue weighted by molar-refractivity contribution is -0.129. The number of aromatic nitrogens is 1. The first-order valence-electron chi connectivity index (χ1n) is 8.97. The van der Waals surface area contributed by atoms with Gasteiger partial charge in [0.1, 0.15) is 5.76 Å². The van der Waals surface area contributed by atoms with Gasteiger partial charge in [0, 0.05) is 38.6 Å². The summed E-state index contributed by atoms with van der Waals surface area (Å²) in [5.41, 5.74) is 1.75. The second-order valence-electron chi connectivity index (χ2n) is 6.84. The summed E-state index contributed by atoms with van der Waals surface area (Å²) in [6.07, 6.45) is 1.01. The van der Waals surface area contributed by atoms with Gasteiger partial charge >= 0.3 is 0 Å². The van der Waals surface area contributed by atoms with Crippen molar-refractivity contribution in [1.82, 2.24) is 10.1 Å². The van der Waals surface area contributed by atoms with Gasteiger partial charge in [0.15, 0.2) is 11.5 Å². The van der Waals surface area contributed by atoms with Crippen LogP contribution in [-0.2, 0) is 22.4 Å². The Balaban J connectivity index is 1.65. The molecule has 3 rings (SSSR count). The second kappa shape index (κ2) is 8.43. The van der Waals surface area contributed by atoms with Crippen molar-refractivity contribution in [1.29, 1.82) is 0 Å². The predicted molar refractivity (Wildman–Crippen MR) is 99.1 cm³/mol. The van der Waals surface area contributed by atoms with Crippen LogP contribution in [0.1, 0.15) is 17.0 Å². The summed E-state index contributed by atoms with van der Waals surface area (Å²) in [6.45, 7) is 3.12. The number of carbonyl (C=O) groups is 1. The summed E-state index contributed by atoms with van der Waals surface area (Å²) in [6, 6.07) is 7.48. The number of aryl methyl sites for hydroxylation is 1. The van der Waals surface area contributed by atoms with E-state index in [1.807, 2.05) is 36.1 Å². The van der Waals surface area contributed by atoms with E-state index in [2.05, 4.69) is 5.16 Å². The zero-order chi connectivity index (χ0) is 19.4. The molecule has 1 aliphatic heterocycles. The molecule has 1 saturated heterocycles. The minimum atomic E-state index is -0.00948. The highest BCUT2D eigenvalue weighted by molar-refractivity contribution is 5.79. The van der Waals surface area contributed by atoms with Crippen LogP contribution in [0.5, 0.6) is 11.5 Å². The fourth-order valence-electron chi connectivity index (χ4n) is 3.56. The molecule has 1 aromatic heterocycles. The first kappa shape index (κ1) is 19.2. The Kier molecular flexibility index (Phi) is 6.01. The first-order valence-corrected chi connectivity index (χ1v) is 8.97. The Morgan fingerprint density at radius 1 is 1.19 bits per heavy atom. The van der Waals surface area contributed by atoms with E-state index in [9.17, 15) is 4.79 Å². The van der Waals surface area contributed by atoms with Crippen LogP contribution in [0.4, 0.5) is 0 Å². The van der Waals surface area contributed by atoms with Gasteiger partial charge in [0.05, 0.1) is 32.4 Å². The van der Waals surface area contributed by atoms with Crippen molar-refractivity contribution in [2.45, 2.75) is 25.9 Å². The fraction of sp³-hybridized carbons (Fsp3) is 0.500. The maximum absolute atomic E-state index is 12.8. The lowest BCUT2D eigenvalue weighted by Crippen LogP contribution is -2.31. The van der Waals surface area contributed by atoms with Crippen molar-refractivity contribution in [2.75, 3.05) is 34.4 Å². The highest BCUT2D eigenvalue weighted by Crippen LogP contribution is 2.29. The Hall–Kier alpha value is -2.54. The van der Waals surface area contributed by atoms with Crippen LogP contribution in [0.2, 0.25) is 0 Å². The number of methoxy groups -OCH3 is 3. The van der Waals surface area contributed by atoms with Gasteiger partial charge in [-0.15, -0.1) is 0 Å². The van der Waals surface area contributed by atoms with E-state index in [4.69, 9.17) is 18.7 Å². The number of carbonyl (C=O) groups excluding carboxylic acids is 1. The highest BCUT2D eigenvalue weighted by Gasteiger charge is 2.36. The van der Waals surface area contributed by atoms with Crippen molar-refractivity contribution in [3.05, 3.63) is 41.3 Å². The van der Waals surface area contributed by atoms with Crippen molar-refractivity contribution in [3.63, 3.8) is 0 Å². The topological polar surface area (TPSA) is 74.0 Å². The van der Waals surface area contributed by atoms with Crippen LogP contribution in [0.15, 0.2) is 28.8 Å². The molecular weight excluding hydrogens is 348 g/mol. The predicted octanol–water partition coefficient (Wildman–Crippen LogP) is 2.26. The number of rotatable bonds is 7. The molecule has 2 heterocycles. The summed E-state index contributed by atoms with van der Waals surface area (Å²) in [5, 5.41) is 3.93. The Labute approximate surface area is 159 Å². The normalized spacial score (nSPS) is 19.3. The van der Waals surface area contributed by atoms with E-state index in [1.165, 1.54) is 0 Å². The lowest BCUT2D eigenvalue weighted by Gasteiger charge is -2.16. The number of nitrogens with zero attached hydrogens (tertiary/aromatic N) is 2. The second-order valence-corrected chi connectivity index (χ2v) is 6.84. The minimum absolute atomic E-state index is 0.00948. The van der Waals surface area contributed by atoms with Crippen molar-refractivity contribution in [3.8, 4) is 11.5 Å². The molecule has 2 atom stereocenters. The average molecular weight is 374 g/mol. The molecule has 1 fully saturated rings. The largest absolute Gasteiger partial charge is 0.493 e. The minimum Gasteiger partial charge on any atom is -0.493 e. The van der Waals surface area contributed by atoms with Crippen LogP contribution in [-0.4, -0.2) is 56.5 Å². The lowest BCUT2D eigenvalue weighted by atomic mass is 10.0. The van der Waals surface area contributed by atoms with Crippen LogP contribution in [0, 0.1) is 12.8 Å². The Morgan fingerprint density at radius 3 is 2.59 bits per heavy atom. The van der Waals surface area contributed by atoms with Gasteiger partial charge in [0.2, 0.25) is 5.91 Å². The third-order valence-electron chi connectivity index (χ3n) is 4.98. The van der Waals surface area contributed by atoms with E-state index in [1.54, 1.807) is 21.3 Å². The van der Waals surface area contributed by atoms with Gasteiger partial charge in [-0.05, 0) is 24.6 Å². The molecular formula is C20H26N2O5. The molecule has 1 aliphatic rings. The smallest absolute Gasteiger partial charge is 0.227 e. The van der Waals surface area contributed by atoms with Gasteiger partial charge in [-0.1, -0.05) is 11.2 Å². The molecule has 0 N–H and O–H groups in total. The quantitative estimate of drug-likeness (QED) is 0.740. The molecule has 0 bridgehead atoms. The van der Waals surface area contributed by atoms with E-state index < -0.39 is 0 Å². The monoisotopic (exact) mass is 374 g/mol. The highest BCUT2D eigenvalue weighted by atomic mass is 16.5. The molecule has 7 nitrogen and oxygen atoms in total.